The molecular weight excluding hydrogens is 320 g/mol. The highest BCUT2D eigenvalue weighted by molar-refractivity contribution is 7.89. The zero-order chi connectivity index (χ0) is 16.0. The highest BCUT2D eigenvalue weighted by Gasteiger charge is 2.21. The first kappa shape index (κ1) is 17.7. The van der Waals surface area contributed by atoms with Crippen molar-refractivity contribution in [3.05, 3.63) is 22.7 Å². The van der Waals surface area contributed by atoms with Gasteiger partial charge in [0.2, 0.25) is 10.0 Å². The SMILES string of the molecule is CCCCOCNS(=O)(=O)c1cc(C(=O)O)c(N)cc1Cl. The first-order valence-corrected chi connectivity index (χ1v) is 8.05. The molecule has 0 amide bonds. The largest absolute Gasteiger partial charge is 0.478 e. The van der Waals surface area contributed by atoms with E-state index in [0.717, 1.165) is 25.0 Å². The fraction of sp³-hybridized carbons (Fsp3) is 0.417. The summed E-state index contributed by atoms with van der Waals surface area (Å²) >= 11 is 5.82. The van der Waals surface area contributed by atoms with Gasteiger partial charge in [0.1, 0.15) is 11.6 Å². The highest BCUT2D eigenvalue weighted by atomic mass is 35.5. The molecule has 0 unspecified atom stereocenters. The number of carboxylic acid groups (broad SMARTS) is 1. The second-order valence-electron chi connectivity index (χ2n) is 4.23. The molecular formula is C12H17ClN2O5S. The molecule has 0 spiro atoms. The molecule has 7 nitrogen and oxygen atoms in total. The Morgan fingerprint density at radius 1 is 1.48 bits per heavy atom. The van der Waals surface area contributed by atoms with Crippen LogP contribution in [-0.2, 0) is 14.8 Å². The van der Waals surface area contributed by atoms with Crippen molar-refractivity contribution >= 4 is 33.3 Å². The maximum Gasteiger partial charge on any atom is 0.337 e. The van der Waals surface area contributed by atoms with Gasteiger partial charge in [0.05, 0.1) is 10.6 Å². The van der Waals surface area contributed by atoms with Crippen molar-refractivity contribution in [2.75, 3.05) is 19.1 Å². The lowest BCUT2D eigenvalue weighted by atomic mass is 10.2. The van der Waals surface area contributed by atoms with Crippen molar-refractivity contribution in [3.63, 3.8) is 0 Å². The molecule has 0 bridgehead atoms. The van der Waals surface area contributed by atoms with E-state index in [1.54, 1.807) is 0 Å². The molecule has 9 heteroatoms. The molecule has 0 atom stereocenters. The van der Waals surface area contributed by atoms with Crippen LogP contribution in [0.25, 0.3) is 0 Å². The maximum absolute atomic E-state index is 12.1. The summed E-state index contributed by atoms with van der Waals surface area (Å²) in [5.74, 6) is -1.33. The number of aromatic carboxylic acids is 1. The summed E-state index contributed by atoms with van der Waals surface area (Å²) in [5.41, 5.74) is 5.05. The summed E-state index contributed by atoms with van der Waals surface area (Å²) in [6.07, 6.45) is 1.74. The number of unbranched alkanes of at least 4 members (excludes halogenated alkanes) is 1. The molecule has 0 aliphatic heterocycles. The number of hydrogen-bond donors (Lipinski definition) is 3. The van der Waals surface area contributed by atoms with Crippen LogP contribution in [0, 0.1) is 0 Å². The van der Waals surface area contributed by atoms with Crippen LogP contribution >= 0.6 is 11.6 Å². The van der Waals surface area contributed by atoms with Crippen molar-refractivity contribution in [3.8, 4) is 0 Å². The average molecular weight is 337 g/mol. The number of halogens is 1. The van der Waals surface area contributed by atoms with Gasteiger partial charge in [0.15, 0.2) is 0 Å². The molecule has 0 saturated carbocycles. The molecule has 0 fully saturated rings. The van der Waals surface area contributed by atoms with Crippen LogP contribution in [0.4, 0.5) is 5.69 Å². The first-order chi connectivity index (χ1) is 9.79. The summed E-state index contributed by atoms with van der Waals surface area (Å²) < 4.78 is 31.4. The Balaban J connectivity index is 2.92. The molecule has 1 aromatic carbocycles. The molecule has 1 rings (SSSR count). The average Bonchev–Trinajstić information content (AvgIpc) is 2.37. The Morgan fingerprint density at radius 3 is 2.71 bits per heavy atom. The Labute approximate surface area is 128 Å². The number of carbonyl (C=O) groups is 1. The number of benzene rings is 1. The van der Waals surface area contributed by atoms with E-state index in [-0.39, 0.29) is 27.9 Å². The molecule has 0 aromatic heterocycles. The summed E-state index contributed by atoms with van der Waals surface area (Å²) in [5, 5.41) is 8.80. The van der Waals surface area contributed by atoms with Crippen molar-refractivity contribution in [1.29, 1.82) is 0 Å². The molecule has 0 radical (unpaired) electrons. The fourth-order valence-electron chi connectivity index (χ4n) is 1.48. The second-order valence-corrected chi connectivity index (χ2v) is 6.37. The number of carboxylic acids is 1. The highest BCUT2D eigenvalue weighted by Crippen LogP contribution is 2.27. The fourth-order valence-corrected chi connectivity index (χ4v) is 2.93. The number of nitrogen functional groups attached to an aromatic ring is 1. The third-order valence-corrected chi connectivity index (χ3v) is 4.46. The van der Waals surface area contributed by atoms with Gasteiger partial charge in [-0.1, -0.05) is 24.9 Å². The van der Waals surface area contributed by atoms with Crippen molar-refractivity contribution < 1.29 is 23.1 Å². The smallest absolute Gasteiger partial charge is 0.337 e. The van der Waals surface area contributed by atoms with E-state index in [2.05, 4.69) is 4.72 Å². The van der Waals surface area contributed by atoms with E-state index in [1.165, 1.54) is 0 Å². The van der Waals surface area contributed by atoms with E-state index >= 15 is 0 Å². The number of sulfonamides is 1. The van der Waals surface area contributed by atoms with Crippen LogP contribution in [0.5, 0.6) is 0 Å². The Hall–Kier alpha value is -1.35. The van der Waals surface area contributed by atoms with Gasteiger partial charge >= 0.3 is 5.97 Å². The zero-order valence-corrected chi connectivity index (χ0v) is 13.0. The van der Waals surface area contributed by atoms with Crippen molar-refractivity contribution in [1.82, 2.24) is 4.72 Å². The third kappa shape index (κ3) is 4.85. The van der Waals surface area contributed by atoms with Crippen LogP contribution in [0.2, 0.25) is 5.02 Å². The standard InChI is InChI=1S/C12H17ClN2O5S/c1-2-3-4-20-7-15-21(18,19)11-5-8(12(16)17)10(14)6-9(11)13/h5-6,15H,2-4,7,14H2,1H3,(H,16,17). The topological polar surface area (TPSA) is 119 Å². The molecule has 0 heterocycles. The van der Waals surface area contributed by atoms with Gasteiger partial charge in [-0.05, 0) is 18.6 Å². The van der Waals surface area contributed by atoms with Gasteiger partial charge in [0, 0.05) is 12.3 Å². The van der Waals surface area contributed by atoms with Gasteiger partial charge in [-0.3, -0.25) is 0 Å². The minimum absolute atomic E-state index is 0.106. The van der Waals surface area contributed by atoms with Crippen molar-refractivity contribution in [2.24, 2.45) is 0 Å². The number of rotatable bonds is 8. The molecule has 0 aliphatic carbocycles. The minimum Gasteiger partial charge on any atom is -0.478 e. The molecule has 118 valence electrons. The summed E-state index contributed by atoms with van der Waals surface area (Å²) in [4.78, 5) is 10.6. The molecule has 21 heavy (non-hydrogen) atoms. The van der Waals surface area contributed by atoms with E-state index in [1.807, 2.05) is 6.92 Å². The lowest BCUT2D eigenvalue weighted by Crippen LogP contribution is -2.27. The van der Waals surface area contributed by atoms with Crippen LogP contribution < -0.4 is 10.5 Å². The lowest BCUT2D eigenvalue weighted by Gasteiger charge is -2.11. The molecule has 1 aromatic rings. The quantitative estimate of drug-likeness (QED) is 0.377. The van der Waals surface area contributed by atoms with E-state index < -0.39 is 16.0 Å². The molecule has 0 saturated heterocycles. The van der Waals surface area contributed by atoms with Gasteiger partial charge < -0.3 is 15.6 Å². The van der Waals surface area contributed by atoms with E-state index in [4.69, 9.17) is 27.2 Å². The third-order valence-electron chi connectivity index (χ3n) is 2.62. The number of hydrogen-bond acceptors (Lipinski definition) is 5. The molecule has 0 aliphatic rings. The van der Waals surface area contributed by atoms with Crippen molar-refractivity contribution in [2.45, 2.75) is 24.7 Å². The molecule has 4 N–H and O–H groups in total. The maximum atomic E-state index is 12.1. The zero-order valence-electron chi connectivity index (χ0n) is 11.4. The van der Waals surface area contributed by atoms with Crippen LogP contribution in [0.15, 0.2) is 17.0 Å². The van der Waals surface area contributed by atoms with Gasteiger partial charge in [-0.2, -0.15) is 4.72 Å². The number of nitrogens with two attached hydrogens (primary N) is 1. The predicted molar refractivity (Wildman–Crippen MR) is 78.9 cm³/mol. The normalized spacial score (nSPS) is 11.5. The predicted octanol–water partition coefficient (Wildman–Crippen LogP) is 1.67. The van der Waals surface area contributed by atoms with Gasteiger partial charge in [-0.15, -0.1) is 0 Å². The van der Waals surface area contributed by atoms with Crippen LogP contribution in [0.3, 0.4) is 0 Å². The first-order valence-electron chi connectivity index (χ1n) is 6.19. The summed E-state index contributed by atoms with van der Waals surface area (Å²) in [6, 6.07) is 2.02. The second kappa shape index (κ2) is 7.60. The number of nitrogens with one attached hydrogen (secondary N) is 1. The van der Waals surface area contributed by atoms with Crippen LogP contribution in [-0.4, -0.2) is 32.8 Å². The Kier molecular flexibility index (Phi) is 6.41. The number of ether oxygens (including phenoxy) is 1. The Bertz CT molecular complexity index is 618. The minimum atomic E-state index is -3.98. The Morgan fingerprint density at radius 2 is 2.14 bits per heavy atom. The van der Waals surface area contributed by atoms with Gasteiger partial charge in [0.25, 0.3) is 0 Å². The van der Waals surface area contributed by atoms with E-state index in [0.29, 0.717) is 6.61 Å². The summed E-state index contributed by atoms with van der Waals surface area (Å²) in [7, 11) is -3.98. The van der Waals surface area contributed by atoms with Crippen LogP contribution in [0.1, 0.15) is 30.1 Å². The lowest BCUT2D eigenvalue weighted by molar-refractivity contribution is 0.0698. The number of anilines is 1. The van der Waals surface area contributed by atoms with Gasteiger partial charge in [-0.25, -0.2) is 13.2 Å². The summed E-state index contributed by atoms with van der Waals surface area (Å²) in [6.45, 7) is 2.19. The monoisotopic (exact) mass is 336 g/mol. The van der Waals surface area contributed by atoms with E-state index in [9.17, 15) is 13.2 Å².